The van der Waals surface area contributed by atoms with E-state index in [-0.39, 0.29) is 32.2 Å². The van der Waals surface area contributed by atoms with E-state index in [9.17, 15) is 0 Å². The van der Waals surface area contributed by atoms with Crippen molar-refractivity contribution in [2.75, 3.05) is 0 Å². The third-order valence-electron chi connectivity index (χ3n) is 19.8. The first-order chi connectivity index (χ1) is 33.9. The summed E-state index contributed by atoms with van der Waals surface area (Å²) >= 11 is 1.36. The fourth-order valence-electron chi connectivity index (χ4n) is 17.7. The molecule has 16 rings (SSSR count). The van der Waals surface area contributed by atoms with Crippen LogP contribution in [0.3, 0.4) is 0 Å². The van der Waals surface area contributed by atoms with Gasteiger partial charge in [0.1, 0.15) is 0 Å². The summed E-state index contributed by atoms with van der Waals surface area (Å²) in [5.41, 5.74) is 13.1. The van der Waals surface area contributed by atoms with Gasteiger partial charge in [0.15, 0.2) is 0 Å². The number of benzene rings is 4. The Bertz CT molecular complexity index is 2380. The van der Waals surface area contributed by atoms with Crippen LogP contribution in [0.2, 0.25) is 0 Å². The molecule has 10 saturated carbocycles. The Morgan fingerprint density at radius 1 is 0.486 bits per heavy atom. The minimum Gasteiger partial charge on any atom is -0.164 e. The normalized spacial score (nSPS) is 28.8. The monoisotopic (exact) mass is 1090 g/mol. The SMILES string of the molecule is Cl.Cl.[CH2-]CC.[CH3-].[Si]=[Zr].c1cc(-c2ccc(C34CC5CC(CC(C5)C3)C4)cc2)c2cc(CC3CCCCC3)[cH-]c2c1.c1cc(-c2ccc(C34CC5CC(CC(C5)C3)C4)cc2)c2cc(CC3CCCCC3)[cH-]c2c1. The molecular formula is C68H86Cl2SiZr-4. The molecule has 0 nitrogen and oxygen atoms in total. The van der Waals surface area contributed by atoms with Crippen molar-refractivity contribution >= 4 is 53.2 Å². The van der Waals surface area contributed by atoms with Gasteiger partial charge in [0.2, 0.25) is 0 Å². The van der Waals surface area contributed by atoms with Gasteiger partial charge in [-0.25, -0.2) is 0 Å². The number of fused-ring (bicyclic) bond motifs is 2. The van der Waals surface area contributed by atoms with Gasteiger partial charge in [-0.3, -0.25) is 0 Å². The maximum atomic E-state index is 3.49. The van der Waals surface area contributed by atoms with E-state index < -0.39 is 0 Å². The van der Waals surface area contributed by atoms with Crippen molar-refractivity contribution in [3.05, 3.63) is 146 Å². The van der Waals surface area contributed by atoms with Gasteiger partial charge in [0.25, 0.3) is 0 Å². The zero-order valence-corrected chi connectivity index (χ0v) is 49.3. The van der Waals surface area contributed by atoms with Crippen molar-refractivity contribution in [1.29, 1.82) is 0 Å². The van der Waals surface area contributed by atoms with Crippen molar-refractivity contribution in [3.8, 4) is 22.3 Å². The predicted molar refractivity (Wildman–Crippen MR) is 313 cm³/mol. The van der Waals surface area contributed by atoms with Gasteiger partial charge in [0, 0.05) is 0 Å². The number of hydrogen-bond acceptors (Lipinski definition) is 0. The topological polar surface area (TPSA) is 0 Å². The Hall–Kier alpha value is -2.22. The van der Waals surface area contributed by atoms with E-state index in [2.05, 4.69) is 123 Å². The summed E-state index contributed by atoms with van der Waals surface area (Å²) in [5, 5.41) is 5.78. The van der Waals surface area contributed by atoms with Gasteiger partial charge in [-0.1, -0.05) is 143 Å². The molecule has 10 fully saturated rings. The van der Waals surface area contributed by atoms with Gasteiger partial charge >= 0.3 is 30.2 Å². The fourth-order valence-corrected chi connectivity index (χ4v) is 17.7. The first kappa shape index (κ1) is 56.0. The van der Waals surface area contributed by atoms with E-state index in [1.807, 2.05) is 6.92 Å². The second-order valence-electron chi connectivity index (χ2n) is 24.8. The molecule has 0 unspecified atom stereocenters. The van der Waals surface area contributed by atoms with E-state index in [0.29, 0.717) is 10.8 Å². The minimum atomic E-state index is 0. The van der Waals surface area contributed by atoms with Gasteiger partial charge in [0.05, 0.1) is 0 Å². The van der Waals surface area contributed by atoms with E-state index in [1.54, 1.807) is 22.3 Å². The van der Waals surface area contributed by atoms with Crippen LogP contribution in [-0.4, -0.2) is 6.88 Å². The van der Waals surface area contributed by atoms with E-state index >= 15 is 0 Å². The molecule has 6 aromatic carbocycles. The first-order valence-electron chi connectivity index (χ1n) is 28.5. The average molecular weight is 1090 g/mol. The number of halogens is 2. The van der Waals surface area contributed by atoms with E-state index in [0.717, 1.165) is 53.8 Å². The molecule has 72 heavy (non-hydrogen) atoms. The molecule has 0 amide bonds. The van der Waals surface area contributed by atoms with Crippen molar-refractivity contribution in [2.45, 2.75) is 178 Å². The standard InChI is InChI=1S/2C32H37.C3H7.CH3.2ClH.Si.Zr/c2*1-2-5-22(6-3-1)13-23-17-28-7-4-8-30(31(28)18-23)27-9-11-29(12-10-27)32-19-24-14-25(20-32)16-26(15-24)21-32;1-3-2;;;;;/h2*4,7-12,17-18,22,24-26H,1-3,5-6,13-16,19-21H2;1,3H2,2H3;1H3;2*1H;;/q4*-1;;;;. The molecule has 0 atom stereocenters. The quantitative estimate of drug-likeness (QED) is 0.105. The van der Waals surface area contributed by atoms with Crippen molar-refractivity contribution in [3.63, 3.8) is 0 Å². The first-order valence-corrected chi connectivity index (χ1v) is 32.7. The largest absolute Gasteiger partial charge is 0.164 e. The van der Waals surface area contributed by atoms with Crippen molar-refractivity contribution in [2.24, 2.45) is 47.3 Å². The van der Waals surface area contributed by atoms with E-state index in [1.165, 1.54) is 221 Å². The summed E-state index contributed by atoms with van der Waals surface area (Å²) in [4.78, 5) is 0. The number of hydrogen-bond donors (Lipinski definition) is 0. The van der Waals surface area contributed by atoms with Crippen LogP contribution in [-0.2, 0) is 47.0 Å². The zero-order chi connectivity index (χ0) is 47.0. The Kier molecular flexibility index (Phi) is 19.3. The Morgan fingerprint density at radius 3 is 1.10 bits per heavy atom. The smallest absolute Gasteiger partial charge is 0.00391 e. The molecule has 0 saturated heterocycles. The molecule has 8 bridgehead atoms. The van der Waals surface area contributed by atoms with Crippen LogP contribution in [0.5, 0.6) is 0 Å². The summed E-state index contributed by atoms with van der Waals surface area (Å²) < 4.78 is 0. The molecule has 0 N–H and O–H groups in total. The molecule has 10 aliphatic carbocycles. The third-order valence-corrected chi connectivity index (χ3v) is 19.8. The zero-order valence-electron chi connectivity index (χ0n) is 44.2. The van der Waals surface area contributed by atoms with Crippen molar-refractivity contribution in [1.82, 2.24) is 0 Å². The minimum absolute atomic E-state index is 0. The van der Waals surface area contributed by atoms with Crippen LogP contribution >= 0.6 is 24.8 Å². The second-order valence-corrected chi connectivity index (χ2v) is 24.8. The molecule has 0 aliphatic heterocycles. The summed E-state index contributed by atoms with van der Waals surface area (Å²) in [6.07, 6.45) is 35.8. The molecule has 10 aliphatic rings. The summed E-state index contributed by atoms with van der Waals surface area (Å²) in [7, 11) is 0. The number of rotatable bonds is 8. The van der Waals surface area contributed by atoms with Crippen LogP contribution in [0.4, 0.5) is 0 Å². The molecule has 0 spiro atoms. The molecule has 0 aromatic heterocycles. The Balaban J connectivity index is 0.000000171. The van der Waals surface area contributed by atoms with Gasteiger partial charge in [-0.05, 0) is 170 Å². The molecule has 4 heteroatoms. The van der Waals surface area contributed by atoms with Gasteiger partial charge < -0.3 is 14.4 Å². The van der Waals surface area contributed by atoms with Crippen LogP contribution < -0.4 is 0 Å². The molecule has 6 aromatic rings. The van der Waals surface area contributed by atoms with E-state index in [4.69, 9.17) is 0 Å². The van der Waals surface area contributed by atoms with Crippen LogP contribution in [0.1, 0.15) is 177 Å². The summed E-state index contributed by atoms with van der Waals surface area (Å²) in [6.45, 7) is 8.56. The molecular weight excluding hydrogens is 1010 g/mol. The average Bonchev–Trinajstić information content (AvgIpc) is 3.98. The molecule has 2 radical (unpaired) electrons. The Morgan fingerprint density at radius 2 is 0.792 bits per heavy atom. The van der Waals surface area contributed by atoms with Crippen LogP contribution in [0.25, 0.3) is 43.8 Å². The van der Waals surface area contributed by atoms with Crippen molar-refractivity contribution < 1.29 is 23.3 Å². The summed E-state index contributed by atoms with van der Waals surface area (Å²) in [5.74, 6) is 7.90. The fraction of sp³-hybridized carbons (Fsp3) is 0.529. The van der Waals surface area contributed by atoms with Crippen LogP contribution in [0, 0.1) is 61.7 Å². The maximum absolute atomic E-state index is 3.49. The second kappa shape index (κ2) is 24.8. The third kappa shape index (κ3) is 11.8. The van der Waals surface area contributed by atoms with Crippen LogP contribution in [0.15, 0.2) is 109 Å². The predicted octanol–water partition coefficient (Wildman–Crippen LogP) is 19.8. The molecule has 384 valence electrons. The van der Waals surface area contributed by atoms with Gasteiger partial charge in [-0.2, -0.15) is 18.6 Å². The molecule has 0 heterocycles. The van der Waals surface area contributed by atoms with Gasteiger partial charge in [-0.15, -0.1) is 93.9 Å². The maximum Gasteiger partial charge on any atom is -0.00391 e. The Labute approximate surface area is 466 Å². The summed E-state index contributed by atoms with van der Waals surface area (Å²) in [6, 6.07) is 43.6.